The van der Waals surface area contributed by atoms with Gasteiger partial charge in [-0.05, 0) is 18.9 Å². The number of hydrogen-bond acceptors (Lipinski definition) is 3. The number of aromatic nitrogens is 1. The van der Waals surface area contributed by atoms with Gasteiger partial charge in [-0.15, -0.1) is 11.3 Å². The van der Waals surface area contributed by atoms with Crippen molar-refractivity contribution in [1.29, 1.82) is 0 Å². The Morgan fingerprint density at radius 3 is 2.86 bits per heavy atom. The minimum atomic E-state index is 0.495. The zero-order valence-corrected chi connectivity index (χ0v) is 13.9. The molecule has 0 aliphatic heterocycles. The number of guanidine groups is 1. The lowest BCUT2D eigenvalue weighted by molar-refractivity contribution is 0.773. The smallest absolute Gasteiger partial charge is 0.191 e. The van der Waals surface area contributed by atoms with Crippen molar-refractivity contribution in [3.8, 4) is 0 Å². The highest BCUT2D eigenvalue weighted by molar-refractivity contribution is 7.09. The Hall–Kier alpha value is -1.88. The topological polar surface area (TPSA) is 49.3 Å². The monoisotopic (exact) mass is 314 g/mol. The van der Waals surface area contributed by atoms with E-state index in [9.17, 15) is 0 Å². The molecular weight excluding hydrogens is 292 g/mol. The summed E-state index contributed by atoms with van der Waals surface area (Å²) < 4.78 is 0. The first-order valence-electron chi connectivity index (χ1n) is 7.69. The molecule has 0 spiro atoms. The van der Waals surface area contributed by atoms with Gasteiger partial charge in [0.15, 0.2) is 5.96 Å². The van der Waals surface area contributed by atoms with Crippen LogP contribution in [-0.4, -0.2) is 30.6 Å². The van der Waals surface area contributed by atoms with Crippen LogP contribution in [0.1, 0.15) is 28.6 Å². The van der Waals surface area contributed by atoms with E-state index in [1.165, 1.54) is 12.0 Å². The molecule has 5 heteroatoms. The van der Waals surface area contributed by atoms with Gasteiger partial charge in [0.1, 0.15) is 0 Å². The fourth-order valence-corrected chi connectivity index (χ4v) is 3.27. The molecular formula is C17H22N4S. The number of rotatable bonds is 5. The number of benzene rings is 1. The molecule has 0 radical (unpaired) electrons. The molecule has 3 rings (SSSR count). The Morgan fingerprint density at radius 1 is 1.36 bits per heavy atom. The van der Waals surface area contributed by atoms with Gasteiger partial charge in [0.2, 0.25) is 0 Å². The number of nitrogens with zero attached hydrogens (tertiary/aromatic N) is 2. The Balaban J connectivity index is 1.43. The van der Waals surface area contributed by atoms with Crippen LogP contribution in [0.2, 0.25) is 0 Å². The van der Waals surface area contributed by atoms with Crippen molar-refractivity contribution in [2.24, 2.45) is 4.99 Å². The van der Waals surface area contributed by atoms with Crippen LogP contribution in [0.15, 0.2) is 40.7 Å². The summed E-state index contributed by atoms with van der Waals surface area (Å²) in [6, 6.07) is 11.2. The number of thiazole rings is 1. The van der Waals surface area contributed by atoms with Crippen LogP contribution < -0.4 is 10.6 Å². The first kappa shape index (κ1) is 15.0. The molecule has 116 valence electrons. The van der Waals surface area contributed by atoms with Crippen molar-refractivity contribution >= 4 is 17.3 Å². The SMILES string of the molecule is CN=C(NCCc1csc(C)n1)NC1CC1c1ccccc1. The van der Waals surface area contributed by atoms with Crippen molar-refractivity contribution in [2.45, 2.75) is 31.7 Å². The molecule has 0 amide bonds. The summed E-state index contributed by atoms with van der Waals surface area (Å²) >= 11 is 1.70. The molecule has 2 aromatic rings. The Bertz CT molecular complexity index is 635. The van der Waals surface area contributed by atoms with Gasteiger partial charge in [-0.25, -0.2) is 4.98 Å². The molecule has 22 heavy (non-hydrogen) atoms. The molecule has 2 unspecified atom stereocenters. The van der Waals surface area contributed by atoms with Gasteiger partial charge in [0.05, 0.1) is 10.7 Å². The van der Waals surface area contributed by atoms with E-state index >= 15 is 0 Å². The molecule has 4 nitrogen and oxygen atoms in total. The third-order valence-corrected chi connectivity index (χ3v) is 4.73. The highest BCUT2D eigenvalue weighted by Gasteiger charge is 2.38. The van der Waals surface area contributed by atoms with Gasteiger partial charge in [0.25, 0.3) is 0 Å². The van der Waals surface area contributed by atoms with Crippen LogP contribution in [-0.2, 0) is 6.42 Å². The van der Waals surface area contributed by atoms with E-state index in [1.54, 1.807) is 11.3 Å². The second kappa shape index (κ2) is 6.92. The van der Waals surface area contributed by atoms with E-state index in [2.05, 4.69) is 56.3 Å². The molecule has 1 saturated carbocycles. The number of nitrogens with one attached hydrogen (secondary N) is 2. The predicted octanol–water partition coefficient (Wildman–Crippen LogP) is 2.72. The predicted molar refractivity (Wildman–Crippen MR) is 92.6 cm³/mol. The summed E-state index contributed by atoms with van der Waals surface area (Å²) in [6.07, 6.45) is 2.10. The summed E-state index contributed by atoms with van der Waals surface area (Å²) in [7, 11) is 1.82. The average molecular weight is 314 g/mol. The Labute approximate surface area is 135 Å². The van der Waals surface area contributed by atoms with E-state index < -0.39 is 0 Å². The fraction of sp³-hybridized carbons (Fsp3) is 0.412. The van der Waals surface area contributed by atoms with Crippen molar-refractivity contribution < 1.29 is 0 Å². The van der Waals surface area contributed by atoms with Gasteiger partial charge < -0.3 is 10.6 Å². The average Bonchev–Trinajstić information content (AvgIpc) is 3.20. The Morgan fingerprint density at radius 2 is 2.18 bits per heavy atom. The number of aryl methyl sites for hydroxylation is 1. The molecule has 2 atom stereocenters. The lowest BCUT2D eigenvalue weighted by atomic mass is 10.1. The highest BCUT2D eigenvalue weighted by atomic mass is 32.1. The zero-order chi connectivity index (χ0) is 15.4. The second-order valence-electron chi connectivity index (χ2n) is 5.61. The highest BCUT2D eigenvalue weighted by Crippen LogP contribution is 2.40. The molecule has 1 fully saturated rings. The lowest BCUT2D eigenvalue weighted by Crippen LogP contribution is -2.39. The first-order chi connectivity index (χ1) is 10.8. The van der Waals surface area contributed by atoms with E-state index in [1.807, 2.05) is 14.0 Å². The van der Waals surface area contributed by atoms with Gasteiger partial charge in [-0.1, -0.05) is 30.3 Å². The summed E-state index contributed by atoms with van der Waals surface area (Å²) in [5.74, 6) is 1.50. The third-order valence-electron chi connectivity index (χ3n) is 3.90. The standard InChI is InChI=1S/C17H22N4S/c1-12-20-14(11-22-12)8-9-19-17(18-2)21-16-10-15(16)13-6-4-3-5-7-13/h3-7,11,15-16H,8-10H2,1-2H3,(H2,18,19,21). The normalized spacial score (nSPS) is 20.7. The van der Waals surface area contributed by atoms with Crippen molar-refractivity contribution in [1.82, 2.24) is 15.6 Å². The van der Waals surface area contributed by atoms with Crippen molar-refractivity contribution in [2.75, 3.05) is 13.6 Å². The largest absolute Gasteiger partial charge is 0.356 e. The van der Waals surface area contributed by atoms with Gasteiger partial charge in [0, 0.05) is 37.4 Å². The summed E-state index contributed by atoms with van der Waals surface area (Å²) in [4.78, 5) is 8.79. The van der Waals surface area contributed by atoms with Crippen molar-refractivity contribution in [3.05, 3.63) is 52.0 Å². The maximum absolute atomic E-state index is 4.48. The molecule has 0 saturated heterocycles. The van der Waals surface area contributed by atoms with Crippen LogP contribution in [0, 0.1) is 6.92 Å². The van der Waals surface area contributed by atoms with E-state index in [4.69, 9.17) is 0 Å². The van der Waals surface area contributed by atoms with Gasteiger partial charge >= 0.3 is 0 Å². The van der Waals surface area contributed by atoms with Crippen molar-refractivity contribution in [3.63, 3.8) is 0 Å². The van der Waals surface area contributed by atoms with E-state index in [-0.39, 0.29) is 0 Å². The third kappa shape index (κ3) is 3.85. The van der Waals surface area contributed by atoms with E-state index in [0.717, 1.165) is 29.6 Å². The fourth-order valence-electron chi connectivity index (χ4n) is 2.63. The minimum absolute atomic E-state index is 0.495. The molecule has 1 aromatic heterocycles. The molecule has 2 N–H and O–H groups in total. The van der Waals surface area contributed by atoms with Gasteiger partial charge in [-0.2, -0.15) is 0 Å². The van der Waals surface area contributed by atoms with Crippen LogP contribution >= 0.6 is 11.3 Å². The van der Waals surface area contributed by atoms with Crippen LogP contribution in [0.3, 0.4) is 0 Å². The number of hydrogen-bond donors (Lipinski definition) is 2. The van der Waals surface area contributed by atoms with Crippen LogP contribution in [0.4, 0.5) is 0 Å². The van der Waals surface area contributed by atoms with Crippen LogP contribution in [0.25, 0.3) is 0 Å². The molecule has 0 bridgehead atoms. The molecule has 1 aliphatic carbocycles. The second-order valence-corrected chi connectivity index (χ2v) is 6.67. The molecule has 1 aromatic carbocycles. The van der Waals surface area contributed by atoms with Gasteiger partial charge in [-0.3, -0.25) is 4.99 Å². The summed E-state index contributed by atoms with van der Waals surface area (Å²) in [5.41, 5.74) is 2.56. The van der Waals surface area contributed by atoms with E-state index in [0.29, 0.717) is 12.0 Å². The summed E-state index contributed by atoms with van der Waals surface area (Å²) in [6.45, 7) is 2.89. The molecule has 1 aliphatic rings. The summed E-state index contributed by atoms with van der Waals surface area (Å²) in [5, 5.41) is 10.1. The lowest BCUT2D eigenvalue weighted by Gasteiger charge is -2.11. The minimum Gasteiger partial charge on any atom is -0.356 e. The maximum atomic E-state index is 4.48. The first-order valence-corrected chi connectivity index (χ1v) is 8.57. The maximum Gasteiger partial charge on any atom is 0.191 e. The quantitative estimate of drug-likeness (QED) is 0.659. The molecule has 1 heterocycles. The zero-order valence-electron chi connectivity index (χ0n) is 13.0. The van der Waals surface area contributed by atoms with Crippen LogP contribution in [0.5, 0.6) is 0 Å². The number of aliphatic imine (C=N–C) groups is 1. The Kier molecular flexibility index (Phi) is 4.73.